The van der Waals surface area contributed by atoms with Crippen LogP contribution in [0.15, 0.2) is 53.4 Å². The highest BCUT2D eigenvalue weighted by atomic mass is 35.5. The average molecular weight is 518 g/mol. The molecule has 0 aromatic heterocycles. The van der Waals surface area contributed by atoms with Crippen LogP contribution < -0.4 is 14.2 Å². The van der Waals surface area contributed by atoms with Crippen LogP contribution in [0.2, 0.25) is 5.02 Å². The zero-order valence-electron chi connectivity index (χ0n) is 18.6. The van der Waals surface area contributed by atoms with Gasteiger partial charge in [-0.15, -0.1) is 0 Å². The first-order valence-corrected chi connectivity index (χ1v) is 12.8. The Morgan fingerprint density at radius 1 is 1.09 bits per heavy atom. The van der Waals surface area contributed by atoms with Crippen molar-refractivity contribution in [2.45, 2.75) is 30.3 Å². The molecule has 0 radical (unpaired) electrons. The number of anilines is 1. The van der Waals surface area contributed by atoms with Crippen molar-refractivity contribution in [3.8, 4) is 22.6 Å². The van der Waals surface area contributed by atoms with E-state index in [1.54, 1.807) is 24.3 Å². The monoisotopic (exact) mass is 517 g/mol. The van der Waals surface area contributed by atoms with Crippen molar-refractivity contribution in [3.05, 3.63) is 70.5 Å². The molecule has 10 heteroatoms. The number of hydrogen-bond donors (Lipinski definition) is 1. The summed E-state index contributed by atoms with van der Waals surface area (Å²) in [5.41, 5.74) is 1.98. The summed E-state index contributed by atoms with van der Waals surface area (Å²) >= 11 is 6.25. The SMILES string of the molecule is COc1c(Cl)cc2cc1S(=O)(=O)Nc1cc(OC3CC3)cc(c1)-c1cc(F)ccc1CCOC2=O. The van der Waals surface area contributed by atoms with Gasteiger partial charge in [0, 0.05) is 12.5 Å². The van der Waals surface area contributed by atoms with Gasteiger partial charge in [-0.25, -0.2) is 17.6 Å². The fourth-order valence-electron chi connectivity index (χ4n) is 3.93. The lowest BCUT2D eigenvalue weighted by atomic mass is 9.97. The van der Waals surface area contributed by atoms with E-state index in [0.717, 1.165) is 24.5 Å². The molecule has 3 aromatic rings. The van der Waals surface area contributed by atoms with Crippen LogP contribution in [0.25, 0.3) is 11.1 Å². The Balaban J connectivity index is 1.71. The van der Waals surface area contributed by atoms with E-state index in [2.05, 4.69) is 4.72 Å². The Bertz CT molecular complexity index is 1440. The number of ether oxygens (including phenoxy) is 3. The van der Waals surface area contributed by atoms with Gasteiger partial charge in [-0.1, -0.05) is 17.7 Å². The number of fused-ring (bicyclic) bond motifs is 6. The number of carbonyl (C=O) groups excluding carboxylic acids is 1. The third kappa shape index (κ3) is 4.92. The van der Waals surface area contributed by atoms with Gasteiger partial charge in [0.15, 0.2) is 5.75 Å². The van der Waals surface area contributed by atoms with Crippen molar-refractivity contribution < 1.29 is 31.8 Å². The third-order valence-electron chi connectivity index (χ3n) is 5.71. The van der Waals surface area contributed by atoms with Gasteiger partial charge in [0.05, 0.1) is 36.1 Å². The smallest absolute Gasteiger partial charge is 0.338 e. The second-order valence-electron chi connectivity index (χ2n) is 8.35. The maximum absolute atomic E-state index is 14.2. The Labute approximate surface area is 206 Å². The molecule has 1 aliphatic carbocycles. The van der Waals surface area contributed by atoms with E-state index in [9.17, 15) is 17.6 Å². The number of nitrogens with one attached hydrogen (secondary N) is 1. The van der Waals surface area contributed by atoms with E-state index in [0.29, 0.717) is 23.3 Å². The molecule has 4 bridgehead atoms. The van der Waals surface area contributed by atoms with Crippen LogP contribution in [0, 0.1) is 5.82 Å². The number of hydrogen-bond acceptors (Lipinski definition) is 6. The minimum absolute atomic E-state index is 0.00737. The second kappa shape index (κ2) is 9.05. The van der Waals surface area contributed by atoms with E-state index < -0.39 is 21.8 Å². The highest BCUT2D eigenvalue weighted by Gasteiger charge is 2.27. The third-order valence-corrected chi connectivity index (χ3v) is 7.38. The van der Waals surface area contributed by atoms with E-state index in [4.69, 9.17) is 25.8 Å². The van der Waals surface area contributed by atoms with Gasteiger partial charge in [0.25, 0.3) is 10.0 Å². The first-order chi connectivity index (χ1) is 16.7. The maximum Gasteiger partial charge on any atom is 0.338 e. The fraction of sp³-hybridized carbons (Fsp3) is 0.240. The molecule has 1 heterocycles. The van der Waals surface area contributed by atoms with Crippen LogP contribution in [0.4, 0.5) is 10.1 Å². The summed E-state index contributed by atoms with van der Waals surface area (Å²) in [6, 6.07) is 11.7. The molecule has 1 fully saturated rings. The molecule has 7 nitrogen and oxygen atoms in total. The van der Waals surface area contributed by atoms with Crippen LogP contribution in [-0.4, -0.2) is 34.2 Å². The first kappa shape index (κ1) is 23.4. The van der Waals surface area contributed by atoms with Crippen LogP contribution in [0.1, 0.15) is 28.8 Å². The highest BCUT2D eigenvalue weighted by Crippen LogP contribution is 2.38. The molecule has 1 N–H and O–H groups in total. The van der Waals surface area contributed by atoms with E-state index in [1.807, 2.05) is 0 Å². The Kier molecular flexibility index (Phi) is 6.06. The van der Waals surface area contributed by atoms with E-state index in [1.165, 1.54) is 25.3 Å². The lowest BCUT2D eigenvalue weighted by Crippen LogP contribution is -2.17. The first-order valence-electron chi connectivity index (χ1n) is 10.9. The zero-order valence-corrected chi connectivity index (χ0v) is 20.2. The predicted molar refractivity (Wildman–Crippen MR) is 128 cm³/mol. The minimum atomic E-state index is -4.27. The van der Waals surface area contributed by atoms with Gasteiger partial charge in [0.1, 0.15) is 16.5 Å². The molecule has 1 aliphatic heterocycles. The summed E-state index contributed by atoms with van der Waals surface area (Å²) in [5.74, 6) is -0.853. The van der Waals surface area contributed by atoms with Crippen molar-refractivity contribution in [2.75, 3.05) is 18.4 Å². The van der Waals surface area contributed by atoms with Crippen molar-refractivity contribution in [1.29, 1.82) is 0 Å². The Morgan fingerprint density at radius 2 is 1.89 bits per heavy atom. The number of cyclic esters (lactones) is 1. The van der Waals surface area contributed by atoms with Gasteiger partial charge in [-0.05, 0) is 65.9 Å². The Hall–Kier alpha value is -3.30. The largest absolute Gasteiger partial charge is 0.494 e. The van der Waals surface area contributed by atoms with Gasteiger partial charge in [0.2, 0.25) is 0 Å². The zero-order chi connectivity index (χ0) is 24.7. The molecule has 3 aromatic carbocycles. The molecule has 0 atom stereocenters. The van der Waals surface area contributed by atoms with Crippen LogP contribution >= 0.6 is 11.6 Å². The normalized spacial score (nSPS) is 16.8. The molecule has 182 valence electrons. The van der Waals surface area contributed by atoms with Crippen molar-refractivity contribution >= 4 is 33.3 Å². The van der Waals surface area contributed by atoms with Gasteiger partial charge >= 0.3 is 5.97 Å². The van der Waals surface area contributed by atoms with Crippen molar-refractivity contribution in [3.63, 3.8) is 0 Å². The molecule has 5 rings (SSSR count). The molecule has 35 heavy (non-hydrogen) atoms. The molecule has 0 unspecified atom stereocenters. The summed E-state index contributed by atoms with van der Waals surface area (Å²) in [4.78, 5) is 12.4. The van der Waals surface area contributed by atoms with Crippen LogP contribution in [-0.2, 0) is 21.2 Å². The van der Waals surface area contributed by atoms with Crippen molar-refractivity contribution in [1.82, 2.24) is 0 Å². The predicted octanol–water partition coefficient (Wildman–Crippen LogP) is 5.21. The average Bonchev–Trinajstić information content (AvgIpc) is 3.62. The van der Waals surface area contributed by atoms with Crippen molar-refractivity contribution in [2.24, 2.45) is 0 Å². The number of methoxy groups -OCH3 is 1. The minimum Gasteiger partial charge on any atom is -0.494 e. The Morgan fingerprint density at radius 3 is 2.63 bits per heavy atom. The lowest BCUT2D eigenvalue weighted by molar-refractivity contribution is 0.0509. The summed E-state index contributed by atoms with van der Waals surface area (Å²) < 4.78 is 60.2. The summed E-state index contributed by atoms with van der Waals surface area (Å²) in [6.07, 6.45) is 2.18. The van der Waals surface area contributed by atoms with Gasteiger partial charge in [-0.3, -0.25) is 4.72 Å². The van der Waals surface area contributed by atoms with Gasteiger partial charge < -0.3 is 14.2 Å². The molecule has 0 spiro atoms. The maximum atomic E-state index is 14.2. The lowest BCUT2D eigenvalue weighted by Gasteiger charge is -2.18. The number of carbonyl (C=O) groups is 1. The van der Waals surface area contributed by atoms with Gasteiger partial charge in [-0.2, -0.15) is 0 Å². The fourth-order valence-corrected chi connectivity index (χ4v) is 5.54. The molecule has 0 saturated heterocycles. The molecule has 1 saturated carbocycles. The number of rotatable bonds is 3. The standard InChI is InChI=1S/C25H21ClFNO6S/c1-32-24-22(26)10-16-11-23(24)35(30,31)28-18-8-15(9-20(13-18)34-19-4-5-19)21-12-17(27)3-2-14(21)6-7-33-25(16)29/h2-3,8-13,19,28H,4-7H2,1H3. The summed E-state index contributed by atoms with van der Waals surface area (Å²) in [6.45, 7) is -0.00737. The highest BCUT2D eigenvalue weighted by molar-refractivity contribution is 7.92. The van der Waals surface area contributed by atoms with E-state index >= 15 is 0 Å². The number of benzene rings is 3. The second-order valence-corrected chi connectivity index (χ2v) is 10.4. The molecule has 0 amide bonds. The molecular formula is C25H21ClFNO6S. The molecular weight excluding hydrogens is 497 g/mol. The van der Waals surface area contributed by atoms with Crippen LogP contribution in [0.5, 0.6) is 11.5 Å². The molecule has 2 aliphatic rings. The van der Waals surface area contributed by atoms with Crippen LogP contribution in [0.3, 0.4) is 0 Å². The summed E-state index contributed by atoms with van der Waals surface area (Å²) in [7, 11) is -2.99. The number of sulfonamides is 1. The quantitative estimate of drug-likeness (QED) is 0.480. The van der Waals surface area contributed by atoms with E-state index in [-0.39, 0.29) is 39.6 Å². The number of halogens is 2. The number of esters is 1. The topological polar surface area (TPSA) is 90.9 Å². The summed E-state index contributed by atoms with van der Waals surface area (Å²) in [5, 5.41) is -0.0539.